The lowest BCUT2D eigenvalue weighted by Gasteiger charge is -2.23. The first-order chi connectivity index (χ1) is 11.1. The first-order valence-corrected chi connectivity index (χ1v) is 7.92. The Morgan fingerprint density at radius 1 is 1.35 bits per heavy atom. The smallest absolute Gasteiger partial charge is 0.272 e. The number of amides is 1. The molecule has 2 heterocycles. The highest BCUT2D eigenvalue weighted by atomic mass is 16.2. The molecule has 122 valence electrons. The molecule has 1 atom stereocenters. The fourth-order valence-corrected chi connectivity index (χ4v) is 2.92. The molecule has 0 spiro atoms. The highest BCUT2D eigenvalue weighted by Gasteiger charge is 2.24. The second kappa shape index (κ2) is 6.93. The van der Waals surface area contributed by atoms with Gasteiger partial charge in [-0.3, -0.25) is 9.89 Å². The maximum Gasteiger partial charge on any atom is 0.272 e. The summed E-state index contributed by atoms with van der Waals surface area (Å²) in [5.41, 5.74) is 3.66. The predicted molar refractivity (Wildman–Crippen MR) is 89.2 cm³/mol. The zero-order chi connectivity index (χ0) is 16.2. The molecule has 6 heteroatoms. The van der Waals surface area contributed by atoms with Crippen LogP contribution in [-0.4, -0.2) is 48.2 Å². The largest absolute Gasteiger partial charge is 0.343 e. The van der Waals surface area contributed by atoms with Gasteiger partial charge in [0.1, 0.15) is 0 Å². The molecule has 1 amide bonds. The standard InChI is InChI=1S/C17H23N5O/c1-22(2)11-15(12-6-4-3-5-7-12)19-17(23)16-13-10-18-9-8-14(13)20-21-16/h3-7,15,18H,8-11H2,1-2H3,(H,19,23)(H,20,21). The molecule has 0 radical (unpaired) electrons. The summed E-state index contributed by atoms with van der Waals surface area (Å²) in [5, 5.41) is 13.7. The van der Waals surface area contributed by atoms with Crippen molar-refractivity contribution in [3.8, 4) is 0 Å². The highest BCUT2D eigenvalue weighted by Crippen LogP contribution is 2.18. The van der Waals surface area contributed by atoms with Gasteiger partial charge in [0.2, 0.25) is 0 Å². The van der Waals surface area contributed by atoms with Crippen molar-refractivity contribution in [2.75, 3.05) is 27.2 Å². The Labute approximate surface area is 136 Å². The lowest BCUT2D eigenvalue weighted by molar-refractivity contribution is 0.0923. The molecule has 0 saturated carbocycles. The Morgan fingerprint density at radius 2 is 2.13 bits per heavy atom. The number of carbonyl (C=O) groups excluding carboxylic acids is 1. The van der Waals surface area contributed by atoms with Gasteiger partial charge >= 0.3 is 0 Å². The van der Waals surface area contributed by atoms with Crippen molar-refractivity contribution in [3.05, 3.63) is 52.8 Å². The molecule has 6 nitrogen and oxygen atoms in total. The van der Waals surface area contributed by atoms with Crippen LogP contribution >= 0.6 is 0 Å². The van der Waals surface area contributed by atoms with Crippen molar-refractivity contribution in [3.63, 3.8) is 0 Å². The van der Waals surface area contributed by atoms with E-state index in [1.54, 1.807) is 0 Å². The van der Waals surface area contributed by atoms with E-state index < -0.39 is 0 Å². The summed E-state index contributed by atoms with van der Waals surface area (Å²) in [4.78, 5) is 14.8. The third kappa shape index (κ3) is 3.60. The van der Waals surface area contributed by atoms with Crippen molar-refractivity contribution in [2.45, 2.75) is 19.0 Å². The van der Waals surface area contributed by atoms with Gasteiger partial charge in [-0.05, 0) is 19.7 Å². The van der Waals surface area contributed by atoms with E-state index in [0.29, 0.717) is 12.2 Å². The summed E-state index contributed by atoms with van der Waals surface area (Å²) in [7, 11) is 4.00. The van der Waals surface area contributed by atoms with Gasteiger partial charge < -0.3 is 15.5 Å². The molecule has 3 N–H and O–H groups in total. The Bertz CT molecular complexity index is 665. The second-order valence-electron chi connectivity index (χ2n) is 6.16. The van der Waals surface area contributed by atoms with Crippen LogP contribution < -0.4 is 10.6 Å². The van der Waals surface area contributed by atoms with Crippen molar-refractivity contribution in [1.82, 2.24) is 25.7 Å². The maximum atomic E-state index is 12.7. The highest BCUT2D eigenvalue weighted by molar-refractivity contribution is 5.94. The van der Waals surface area contributed by atoms with Gasteiger partial charge in [0.25, 0.3) is 5.91 Å². The molecule has 2 aromatic rings. The summed E-state index contributed by atoms with van der Waals surface area (Å²) >= 11 is 0. The van der Waals surface area contributed by atoms with Crippen molar-refractivity contribution in [2.24, 2.45) is 0 Å². The molecule has 0 aliphatic carbocycles. The number of aromatic amines is 1. The monoisotopic (exact) mass is 313 g/mol. The third-order valence-electron chi connectivity index (χ3n) is 4.08. The summed E-state index contributed by atoms with van der Waals surface area (Å²) in [6, 6.07) is 9.97. The minimum Gasteiger partial charge on any atom is -0.343 e. The van der Waals surface area contributed by atoms with Crippen molar-refractivity contribution >= 4 is 5.91 Å². The minimum absolute atomic E-state index is 0.0670. The molecule has 0 bridgehead atoms. The molecular weight excluding hydrogens is 290 g/mol. The Kier molecular flexibility index (Phi) is 4.73. The number of H-pyrrole nitrogens is 1. The summed E-state index contributed by atoms with van der Waals surface area (Å²) < 4.78 is 0. The van der Waals surface area contributed by atoms with E-state index in [4.69, 9.17) is 0 Å². The Morgan fingerprint density at radius 3 is 2.87 bits per heavy atom. The van der Waals surface area contributed by atoms with Crippen LogP contribution in [0.3, 0.4) is 0 Å². The normalized spacial score (nSPS) is 15.3. The van der Waals surface area contributed by atoms with Crippen LogP contribution in [0.5, 0.6) is 0 Å². The second-order valence-corrected chi connectivity index (χ2v) is 6.16. The lowest BCUT2D eigenvalue weighted by atomic mass is 10.0. The van der Waals surface area contributed by atoms with Crippen molar-refractivity contribution in [1.29, 1.82) is 0 Å². The van der Waals surface area contributed by atoms with E-state index in [-0.39, 0.29) is 11.9 Å². The van der Waals surface area contributed by atoms with Crippen LogP contribution in [-0.2, 0) is 13.0 Å². The molecular formula is C17H23N5O. The number of fused-ring (bicyclic) bond motifs is 1. The van der Waals surface area contributed by atoms with Gasteiger partial charge in [-0.2, -0.15) is 5.10 Å². The number of hydrogen-bond donors (Lipinski definition) is 3. The van der Waals surface area contributed by atoms with Gasteiger partial charge in [-0.1, -0.05) is 30.3 Å². The summed E-state index contributed by atoms with van der Waals surface area (Å²) in [6.45, 7) is 2.35. The molecule has 23 heavy (non-hydrogen) atoms. The van der Waals surface area contributed by atoms with Crippen molar-refractivity contribution < 1.29 is 4.79 Å². The van der Waals surface area contributed by atoms with E-state index >= 15 is 0 Å². The Balaban J connectivity index is 1.79. The SMILES string of the molecule is CN(C)CC(NC(=O)c1n[nH]c2c1CNCC2)c1ccccc1. The van der Waals surface area contributed by atoms with E-state index in [1.165, 1.54) is 0 Å². The number of carbonyl (C=O) groups is 1. The lowest BCUT2D eigenvalue weighted by Crippen LogP contribution is -2.36. The molecule has 1 unspecified atom stereocenters. The molecule has 0 fully saturated rings. The summed E-state index contributed by atoms with van der Waals surface area (Å²) in [5.74, 6) is -0.123. The fourth-order valence-electron chi connectivity index (χ4n) is 2.92. The van der Waals surface area contributed by atoms with Crippen LogP contribution in [0.1, 0.15) is 33.4 Å². The molecule has 1 aliphatic heterocycles. The number of rotatable bonds is 5. The van der Waals surface area contributed by atoms with Crippen LogP contribution in [0.2, 0.25) is 0 Å². The first kappa shape index (κ1) is 15.7. The fraction of sp³-hybridized carbons (Fsp3) is 0.412. The van der Waals surface area contributed by atoms with Gasteiger partial charge in [-0.15, -0.1) is 0 Å². The number of aromatic nitrogens is 2. The van der Waals surface area contributed by atoms with Crippen LogP contribution in [0.15, 0.2) is 30.3 Å². The third-order valence-corrected chi connectivity index (χ3v) is 4.08. The number of likely N-dealkylation sites (N-methyl/N-ethyl adjacent to an activating group) is 1. The van der Waals surface area contributed by atoms with Gasteiger partial charge in [0.15, 0.2) is 5.69 Å². The van der Waals surface area contributed by atoms with Crippen LogP contribution in [0, 0.1) is 0 Å². The molecule has 1 aromatic carbocycles. The molecule has 3 rings (SSSR count). The van der Waals surface area contributed by atoms with E-state index in [2.05, 4.69) is 25.7 Å². The zero-order valence-corrected chi connectivity index (χ0v) is 13.6. The maximum absolute atomic E-state index is 12.7. The van der Waals surface area contributed by atoms with Gasteiger partial charge in [0, 0.05) is 37.3 Å². The molecule has 0 saturated heterocycles. The molecule has 1 aliphatic rings. The van der Waals surface area contributed by atoms with E-state index in [1.807, 2.05) is 44.4 Å². The van der Waals surface area contributed by atoms with E-state index in [9.17, 15) is 4.79 Å². The molecule has 1 aromatic heterocycles. The predicted octanol–water partition coefficient (Wildman–Crippen LogP) is 1.09. The average Bonchev–Trinajstić information content (AvgIpc) is 2.99. The van der Waals surface area contributed by atoms with Gasteiger partial charge in [-0.25, -0.2) is 0 Å². The van der Waals surface area contributed by atoms with Gasteiger partial charge in [0.05, 0.1) is 6.04 Å². The van der Waals surface area contributed by atoms with Crippen LogP contribution in [0.4, 0.5) is 0 Å². The van der Waals surface area contributed by atoms with E-state index in [0.717, 1.165) is 36.3 Å². The first-order valence-electron chi connectivity index (χ1n) is 7.92. The number of nitrogens with zero attached hydrogens (tertiary/aromatic N) is 2. The quantitative estimate of drug-likeness (QED) is 0.772. The number of hydrogen-bond acceptors (Lipinski definition) is 4. The minimum atomic E-state index is -0.123. The topological polar surface area (TPSA) is 73.0 Å². The average molecular weight is 313 g/mol. The Hall–Kier alpha value is -2.18. The number of benzene rings is 1. The zero-order valence-electron chi connectivity index (χ0n) is 13.6. The summed E-state index contributed by atoms with van der Waals surface area (Å²) in [6.07, 6.45) is 0.884. The van der Waals surface area contributed by atoms with Crippen LogP contribution in [0.25, 0.3) is 0 Å². The number of nitrogens with one attached hydrogen (secondary N) is 3.